The number of Topliss-reactive ketones (excluding diaryl/α,β-unsaturated/α-hetero) is 1. The lowest BCUT2D eigenvalue weighted by molar-refractivity contribution is -0.118. The van der Waals surface area contributed by atoms with Crippen molar-refractivity contribution in [3.05, 3.63) is 82.6 Å². The molecule has 2 aromatic heterocycles. The predicted molar refractivity (Wildman–Crippen MR) is 147 cm³/mol. The summed E-state index contributed by atoms with van der Waals surface area (Å²) in [6.45, 7) is 12.0. The van der Waals surface area contributed by atoms with Gasteiger partial charge in [0.1, 0.15) is 11.4 Å². The van der Waals surface area contributed by atoms with Crippen molar-refractivity contribution in [2.24, 2.45) is 5.41 Å². The van der Waals surface area contributed by atoms with Gasteiger partial charge in [0.25, 0.3) is 6.01 Å². The number of allylic oxidation sites excluding steroid dienone is 3. The van der Waals surface area contributed by atoms with Gasteiger partial charge in [-0.2, -0.15) is 4.98 Å². The first kappa shape index (κ1) is 25.3. The Balaban J connectivity index is 1.58. The molecule has 0 bridgehead atoms. The Kier molecular flexibility index (Phi) is 6.57. The Hall–Kier alpha value is -4.33. The summed E-state index contributed by atoms with van der Waals surface area (Å²) in [6, 6.07) is 7.98. The molecule has 1 aliphatic carbocycles. The molecule has 2 aliphatic rings. The van der Waals surface area contributed by atoms with Crippen LogP contribution in [-0.2, 0) is 9.53 Å². The molecular weight excluding hydrogens is 480 g/mol. The highest BCUT2D eigenvalue weighted by molar-refractivity contribution is 6.04. The van der Waals surface area contributed by atoms with Crippen molar-refractivity contribution in [3.8, 4) is 11.8 Å². The number of ether oxygens (including phenoxy) is 2. The van der Waals surface area contributed by atoms with Crippen molar-refractivity contribution < 1.29 is 19.1 Å². The normalized spacial score (nSPS) is 18.1. The largest absolute Gasteiger partial charge is 0.461 e. The number of ketones is 1. The summed E-state index contributed by atoms with van der Waals surface area (Å²) in [6.07, 6.45) is 8.42. The van der Waals surface area contributed by atoms with E-state index in [1.165, 1.54) is 0 Å². The van der Waals surface area contributed by atoms with Gasteiger partial charge in [-0.15, -0.1) is 0 Å². The highest BCUT2D eigenvalue weighted by atomic mass is 16.5. The van der Waals surface area contributed by atoms with Gasteiger partial charge in [-0.25, -0.2) is 4.79 Å². The number of benzene rings is 1. The van der Waals surface area contributed by atoms with Crippen molar-refractivity contribution in [2.75, 3.05) is 11.9 Å². The Labute approximate surface area is 221 Å². The third-order valence-corrected chi connectivity index (χ3v) is 6.86. The molecule has 1 aromatic carbocycles. The van der Waals surface area contributed by atoms with E-state index in [2.05, 4.69) is 40.7 Å². The summed E-state index contributed by atoms with van der Waals surface area (Å²) in [5, 5.41) is 3.42. The topological polar surface area (TPSA) is 109 Å². The van der Waals surface area contributed by atoms with Gasteiger partial charge in [-0.3, -0.25) is 4.79 Å². The molecule has 3 N–H and O–H groups in total. The van der Waals surface area contributed by atoms with E-state index in [4.69, 9.17) is 9.47 Å². The highest BCUT2D eigenvalue weighted by Gasteiger charge is 2.42. The molecule has 0 amide bonds. The number of esters is 1. The number of carbonyl (C=O) groups is 2. The minimum absolute atomic E-state index is 0.0993. The average molecular weight is 513 g/mol. The third-order valence-electron chi connectivity index (χ3n) is 6.86. The zero-order chi connectivity index (χ0) is 27.0. The van der Waals surface area contributed by atoms with E-state index in [1.807, 2.05) is 43.3 Å². The Morgan fingerprint density at radius 2 is 2.11 bits per heavy atom. The zero-order valence-corrected chi connectivity index (χ0v) is 22.1. The van der Waals surface area contributed by atoms with E-state index >= 15 is 0 Å². The van der Waals surface area contributed by atoms with Crippen LogP contribution in [0.1, 0.15) is 79.5 Å². The van der Waals surface area contributed by atoms with Gasteiger partial charge in [0, 0.05) is 35.4 Å². The van der Waals surface area contributed by atoms with Gasteiger partial charge in [0.15, 0.2) is 5.78 Å². The molecule has 0 saturated heterocycles. The van der Waals surface area contributed by atoms with Gasteiger partial charge >= 0.3 is 5.97 Å². The summed E-state index contributed by atoms with van der Waals surface area (Å²) >= 11 is 0. The molecule has 0 spiro atoms. The van der Waals surface area contributed by atoms with Crippen molar-refractivity contribution in [1.29, 1.82) is 0 Å². The zero-order valence-electron chi connectivity index (χ0n) is 22.1. The van der Waals surface area contributed by atoms with E-state index in [1.54, 1.807) is 19.2 Å². The number of carbonyl (C=O) groups excluding carboxylic acids is 2. The molecule has 0 saturated carbocycles. The lowest BCUT2D eigenvalue weighted by Crippen LogP contribution is -2.33. The molecule has 0 radical (unpaired) electrons. The van der Waals surface area contributed by atoms with Gasteiger partial charge in [0.2, 0.25) is 0 Å². The monoisotopic (exact) mass is 512 g/mol. The van der Waals surface area contributed by atoms with Gasteiger partial charge in [-0.05, 0) is 55.5 Å². The Morgan fingerprint density at radius 1 is 1.29 bits per heavy atom. The molecule has 3 heterocycles. The first-order valence-corrected chi connectivity index (χ1v) is 12.8. The quantitative estimate of drug-likeness (QED) is 0.308. The van der Waals surface area contributed by atoms with Crippen molar-refractivity contribution in [3.63, 3.8) is 0 Å². The smallest absolute Gasteiger partial charge is 0.356 e. The summed E-state index contributed by atoms with van der Waals surface area (Å²) in [7, 11) is 0. The number of imidazole rings is 1. The van der Waals surface area contributed by atoms with Crippen LogP contribution in [0.5, 0.6) is 11.8 Å². The molecular formula is C30H32N4O4. The average Bonchev–Trinajstić information content (AvgIpc) is 3.46. The minimum Gasteiger partial charge on any atom is -0.461 e. The van der Waals surface area contributed by atoms with E-state index in [0.29, 0.717) is 41.7 Å². The number of hydrogen-bond acceptors (Lipinski definition) is 6. The third kappa shape index (κ3) is 4.58. The molecule has 8 nitrogen and oxygen atoms in total. The molecule has 0 fully saturated rings. The van der Waals surface area contributed by atoms with Crippen LogP contribution in [0.4, 0.5) is 5.69 Å². The van der Waals surface area contributed by atoms with Crippen LogP contribution in [-0.4, -0.2) is 33.3 Å². The van der Waals surface area contributed by atoms with Crippen LogP contribution >= 0.6 is 0 Å². The van der Waals surface area contributed by atoms with E-state index < -0.39 is 5.97 Å². The second-order valence-electron chi connectivity index (χ2n) is 10.3. The maximum absolute atomic E-state index is 13.5. The molecule has 1 atom stereocenters. The number of H-pyrrole nitrogens is 2. The number of nitrogens with one attached hydrogen (secondary N) is 3. The summed E-state index contributed by atoms with van der Waals surface area (Å²) in [5.74, 6) is -0.129. The number of aromatic nitrogens is 3. The summed E-state index contributed by atoms with van der Waals surface area (Å²) < 4.78 is 11.4. The lowest BCUT2D eigenvalue weighted by atomic mass is 9.69. The maximum Gasteiger partial charge on any atom is 0.356 e. The van der Waals surface area contributed by atoms with Crippen LogP contribution in [0.15, 0.2) is 54.4 Å². The fraction of sp³-hybridized carbons (Fsp3) is 0.300. The number of hydrogen-bond donors (Lipinski definition) is 3. The molecule has 196 valence electrons. The number of anilines is 1. The summed E-state index contributed by atoms with van der Waals surface area (Å²) in [5.41, 5.74) is 5.59. The van der Waals surface area contributed by atoms with Crippen molar-refractivity contribution in [1.82, 2.24) is 15.0 Å². The number of rotatable bonds is 7. The number of nitrogens with zero attached hydrogens (tertiary/aromatic N) is 1. The number of aromatic amines is 2. The van der Waals surface area contributed by atoms with Crippen molar-refractivity contribution >= 4 is 29.6 Å². The second kappa shape index (κ2) is 9.85. The Bertz CT molecular complexity index is 1490. The predicted octanol–water partition coefficient (Wildman–Crippen LogP) is 6.58. The molecule has 1 aliphatic heterocycles. The fourth-order valence-corrected chi connectivity index (χ4v) is 5.34. The van der Waals surface area contributed by atoms with E-state index in [0.717, 1.165) is 28.1 Å². The minimum atomic E-state index is -0.435. The van der Waals surface area contributed by atoms with Gasteiger partial charge in [0.05, 0.1) is 23.7 Å². The molecule has 5 rings (SSSR count). The highest BCUT2D eigenvalue weighted by Crippen LogP contribution is 2.50. The molecule has 1 unspecified atom stereocenters. The SMILES string of the molecule is C=Cc1nc(Oc2cccc(C3C4=C(CC(C)(C)CC4=O)Nc4c3c[nH]c4C(=O)OCC)c2)[nH]c1/C=C\C. The maximum atomic E-state index is 13.5. The van der Waals surface area contributed by atoms with Crippen LogP contribution in [0, 0.1) is 5.41 Å². The second-order valence-corrected chi connectivity index (χ2v) is 10.3. The standard InChI is InChI=1S/C30H32N4O4/c1-6-10-21-20(7-2)33-29(34-21)38-18-12-9-11-17(13-18)24-19-16-31-27(28(36)37-8-3)26(19)32-22-14-30(4,5)15-23(35)25(22)24/h6-7,9-13,16,24,31-32H,2,8,14-15H2,1,3-5H3,(H,33,34)/b10-6-. The molecule has 38 heavy (non-hydrogen) atoms. The Morgan fingerprint density at radius 3 is 2.84 bits per heavy atom. The van der Waals surface area contributed by atoms with Crippen LogP contribution in [0.2, 0.25) is 0 Å². The first-order chi connectivity index (χ1) is 18.2. The van der Waals surface area contributed by atoms with Crippen molar-refractivity contribution in [2.45, 2.75) is 46.5 Å². The first-order valence-electron chi connectivity index (χ1n) is 12.8. The fourth-order valence-electron chi connectivity index (χ4n) is 5.34. The van der Waals surface area contributed by atoms with Gasteiger partial charge in [-0.1, -0.05) is 38.6 Å². The van der Waals surface area contributed by atoms with E-state index in [9.17, 15) is 9.59 Å². The lowest BCUT2D eigenvalue weighted by Gasteiger charge is -2.38. The molecule has 3 aromatic rings. The van der Waals surface area contributed by atoms with Gasteiger partial charge < -0.3 is 24.8 Å². The van der Waals surface area contributed by atoms with Crippen LogP contribution in [0.3, 0.4) is 0 Å². The number of fused-ring (bicyclic) bond motifs is 1. The van der Waals surface area contributed by atoms with E-state index in [-0.39, 0.29) is 23.7 Å². The van der Waals surface area contributed by atoms with Crippen LogP contribution in [0.25, 0.3) is 12.2 Å². The summed E-state index contributed by atoms with van der Waals surface area (Å²) in [4.78, 5) is 37.0. The van der Waals surface area contributed by atoms with Crippen LogP contribution < -0.4 is 10.1 Å². The molecule has 8 heteroatoms.